The second-order valence-electron chi connectivity index (χ2n) is 3.78. The van der Waals surface area contributed by atoms with Crippen LogP contribution >= 0.6 is 0 Å². The fourth-order valence-electron chi connectivity index (χ4n) is 1.64. The van der Waals surface area contributed by atoms with Crippen molar-refractivity contribution in [2.75, 3.05) is 14.1 Å². The van der Waals surface area contributed by atoms with Gasteiger partial charge in [-0.2, -0.15) is 0 Å². The lowest BCUT2D eigenvalue weighted by molar-refractivity contribution is 0.404. The maximum absolute atomic E-state index is 9.38. The summed E-state index contributed by atoms with van der Waals surface area (Å²) in [5.74, 6) is 0.317. The molecule has 74 valence electrons. The number of phenolic OH excluding ortho intramolecular Hbond substituents is 1. The van der Waals surface area contributed by atoms with E-state index >= 15 is 0 Å². The molecule has 2 aromatic rings. The van der Waals surface area contributed by atoms with Gasteiger partial charge in [0.1, 0.15) is 5.75 Å². The zero-order valence-corrected chi connectivity index (χ0v) is 8.41. The molecule has 1 aromatic heterocycles. The van der Waals surface area contributed by atoms with Crippen molar-refractivity contribution in [3.05, 3.63) is 30.0 Å². The Morgan fingerprint density at radius 1 is 1.36 bits per heavy atom. The van der Waals surface area contributed by atoms with Gasteiger partial charge in [0.05, 0.1) is 0 Å². The molecule has 1 heterocycles. The summed E-state index contributed by atoms with van der Waals surface area (Å²) in [5, 5.41) is 10.5. The number of hydrogen-bond acceptors (Lipinski definition) is 2. The molecular weight excluding hydrogens is 176 g/mol. The van der Waals surface area contributed by atoms with Crippen LogP contribution in [0.2, 0.25) is 0 Å². The molecule has 0 aliphatic heterocycles. The molecule has 0 bridgehead atoms. The number of phenols is 1. The van der Waals surface area contributed by atoms with E-state index in [1.807, 2.05) is 26.4 Å². The zero-order chi connectivity index (χ0) is 10.1. The van der Waals surface area contributed by atoms with Gasteiger partial charge in [-0.25, -0.2) is 0 Å². The summed E-state index contributed by atoms with van der Waals surface area (Å²) in [6.07, 6.45) is 1.99. The molecule has 0 aliphatic rings. The number of aromatic nitrogens is 1. The predicted octanol–water partition coefficient (Wildman–Crippen LogP) is 1.94. The average molecular weight is 190 g/mol. The van der Waals surface area contributed by atoms with Gasteiger partial charge in [0.2, 0.25) is 0 Å². The number of nitrogens with zero attached hydrogens (tertiary/aromatic N) is 1. The molecule has 0 fully saturated rings. The zero-order valence-electron chi connectivity index (χ0n) is 8.41. The number of aromatic amines is 1. The van der Waals surface area contributed by atoms with Crippen LogP contribution in [0.1, 0.15) is 5.56 Å². The Morgan fingerprint density at radius 2 is 2.14 bits per heavy atom. The molecule has 0 spiro atoms. The standard InChI is InChI=1S/C11H14N2O/c1-13(2)7-8-6-12-11-4-3-9(14)5-10(8)11/h3-6,12,14H,7H2,1-2H3. The third-order valence-corrected chi connectivity index (χ3v) is 2.24. The summed E-state index contributed by atoms with van der Waals surface area (Å²) in [4.78, 5) is 5.29. The van der Waals surface area contributed by atoms with Crippen molar-refractivity contribution >= 4 is 10.9 Å². The summed E-state index contributed by atoms with van der Waals surface area (Å²) in [7, 11) is 4.06. The quantitative estimate of drug-likeness (QED) is 0.759. The molecule has 2 rings (SSSR count). The number of benzene rings is 1. The van der Waals surface area contributed by atoms with Crippen LogP contribution in [0.5, 0.6) is 5.75 Å². The lowest BCUT2D eigenvalue weighted by Gasteiger charge is -2.07. The van der Waals surface area contributed by atoms with Crippen LogP contribution in [-0.4, -0.2) is 29.1 Å². The second kappa shape index (κ2) is 3.35. The van der Waals surface area contributed by atoms with E-state index in [0.717, 1.165) is 17.4 Å². The number of hydrogen-bond donors (Lipinski definition) is 2. The Labute approximate surface area is 83.0 Å². The van der Waals surface area contributed by atoms with Crippen molar-refractivity contribution in [3.8, 4) is 5.75 Å². The molecule has 1 aromatic carbocycles. The molecule has 0 saturated heterocycles. The van der Waals surface area contributed by atoms with Crippen LogP contribution in [-0.2, 0) is 6.54 Å². The maximum Gasteiger partial charge on any atom is 0.116 e. The van der Waals surface area contributed by atoms with Crippen LogP contribution in [0.25, 0.3) is 10.9 Å². The first-order chi connectivity index (χ1) is 6.66. The highest BCUT2D eigenvalue weighted by atomic mass is 16.3. The van der Waals surface area contributed by atoms with Gasteiger partial charge < -0.3 is 15.0 Å². The largest absolute Gasteiger partial charge is 0.508 e. The van der Waals surface area contributed by atoms with Gasteiger partial charge >= 0.3 is 0 Å². The van der Waals surface area contributed by atoms with E-state index in [0.29, 0.717) is 5.75 Å². The van der Waals surface area contributed by atoms with Crippen molar-refractivity contribution in [3.63, 3.8) is 0 Å². The van der Waals surface area contributed by atoms with Crippen molar-refractivity contribution in [1.29, 1.82) is 0 Å². The van der Waals surface area contributed by atoms with Crippen LogP contribution in [0.4, 0.5) is 0 Å². The van der Waals surface area contributed by atoms with Gasteiger partial charge in [-0.1, -0.05) is 0 Å². The van der Waals surface area contributed by atoms with Crippen molar-refractivity contribution < 1.29 is 5.11 Å². The Bertz CT molecular complexity index is 445. The molecular formula is C11H14N2O. The SMILES string of the molecule is CN(C)Cc1c[nH]c2ccc(O)cc12. The summed E-state index contributed by atoms with van der Waals surface area (Å²) < 4.78 is 0. The number of nitrogens with one attached hydrogen (secondary N) is 1. The molecule has 0 radical (unpaired) electrons. The van der Waals surface area contributed by atoms with Crippen LogP contribution in [0.15, 0.2) is 24.4 Å². The first-order valence-electron chi connectivity index (χ1n) is 4.60. The molecule has 2 N–H and O–H groups in total. The van der Waals surface area contributed by atoms with Crippen LogP contribution in [0, 0.1) is 0 Å². The molecule has 0 aliphatic carbocycles. The Balaban J connectivity index is 2.50. The molecule has 3 heteroatoms. The lowest BCUT2D eigenvalue weighted by Crippen LogP contribution is -2.09. The normalized spacial score (nSPS) is 11.4. The van der Waals surface area contributed by atoms with E-state index in [-0.39, 0.29) is 0 Å². The minimum Gasteiger partial charge on any atom is -0.508 e. The van der Waals surface area contributed by atoms with E-state index in [2.05, 4.69) is 9.88 Å². The van der Waals surface area contributed by atoms with Crippen molar-refractivity contribution in [1.82, 2.24) is 9.88 Å². The lowest BCUT2D eigenvalue weighted by atomic mass is 10.1. The van der Waals surface area contributed by atoms with E-state index in [4.69, 9.17) is 0 Å². The monoisotopic (exact) mass is 190 g/mol. The third kappa shape index (κ3) is 1.59. The molecule has 0 amide bonds. The fraction of sp³-hybridized carbons (Fsp3) is 0.273. The van der Waals surface area contributed by atoms with Gasteiger partial charge in [-0.15, -0.1) is 0 Å². The summed E-state index contributed by atoms with van der Waals surface area (Å²) in [6, 6.07) is 5.38. The highest BCUT2D eigenvalue weighted by molar-refractivity contribution is 5.84. The van der Waals surface area contributed by atoms with Crippen LogP contribution in [0.3, 0.4) is 0 Å². The molecule has 0 saturated carbocycles. The van der Waals surface area contributed by atoms with Gasteiger partial charge in [0.25, 0.3) is 0 Å². The minimum absolute atomic E-state index is 0.317. The van der Waals surface area contributed by atoms with E-state index in [1.54, 1.807) is 12.1 Å². The summed E-state index contributed by atoms with van der Waals surface area (Å²) >= 11 is 0. The maximum atomic E-state index is 9.38. The van der Waals surface area contributed by atoms with E-state index in [9.17, 15) is 5.11 Å². The van der Waals surface area contributed by atoms with E-state index < -0.39 is 0 Å². The number of fused-ring (bicyclic) bond motifs is 1. The summed E-state index contributed by atoms with van der Waals surface area (Å²) in [5.41, 5.74) is 2.28. The Morgan fingerprint density at radius 3 is 2.86 bits per heavy atom. The smallest absolute Gasteiger partial charge is 0.116 e. The van der Waals surface area contributed by atoms with E-state index in [1.165, 1.54) is 5.56 Å². The number of H-pyrrole nitrogens is 1. The van der Waals surface area contributed by atoms with Gasteiger partial charge in [0, 0.05) is 23.6 Å². The Hall–Kier alpha value is -1.48. The first kappa shape index (κ1) is 9.09. The first-order valence-corrected chi connectivity index (χ1v) is 4.60. The summed E-state index contributed by atoms with van der Waals surface area (Å²) in [6.45, 7) is 0.878. The minimum atomic E-state index is 0.317. The molecule has 0 unspecified atom stereocenters. The molecule has 0 atom stereocenters. The van der Waals surface area contributed by atoms with Crippen molar-refractivity contribution in [2.45, 2.75) is 6.54 Å². The predicted molar refractivity (Wildman–Crippen MR) is 57.4 cm³/mol. The topological polar surface area (TPSA) is 39.3 Å². The molecule has 3 nitrogen and oxygen atoms in total. The third-order valence-electron chi connectivity index (χ3n) is 2.24. The molecule has 14 heavy (non-hydrogen) atoms. The fourth-order valence-corrected chi connectivity index (χ4v) is 1.64. The highest BCUT2D eigenvalue weighted by Crippen LogP contribution is 2.23. The number of rotatable bonds is 2. The van der Waals surface area contributed by atoms with Gasteiger partial charge in [0.15, 0.2) is 0 Å². The number of aromatic hydroxyl groups is 1. The van der Waals surface area contributed by atoms with Crippen LogP contribution < -0.4 is 0 Å². The second-order valence-corrected chi connectivity index (χ2v) is 3.78. The average Bonchev–Trinajstić information content (AvgIpc) is 2.47. The Kier molecular flexibility index (Phi) is 2.17. The van der Waals surface area contributed by atoms with Gasteiger partial charge in [-0.05, 0) is 37.9 Å². The van der Waals surface area contributed by atoms with Crippen molar-refractivity contribution in [2.24, 2.45) is 0 Å². The highest BCUT2D eigenvalue weighted by Gasteiger charge is 2.04. The van der Waals surface area contributed by atoms with Gasteiger partial charge in [-0.3, -0.25) is 0 Å².